The number of nitrogens with zero attached hydrogens (tertiary/aromatic N) is 5. The van der Waals surface area contributed by atoms with Crippen molar-refractivity contribution in [2.24, 2.45) is 0 Å². The molecule has 0 spiro atoms. The third-order valence-corrected chi connectivity index (χ3v) is 6.42. The summed E-state index contributed by atoms with van der Waals surface area (Å²) in [5.41, 5.74) is 0.178. The van der Waals surface area contributed by atoms with Crippen LogP contribution in [0, 0.1) is 6.92 Å². The molecule has 1 saturated heterocycles. The van der Waals surface area contributed by atoms with Crippen molar-refractivity contribution in [3.8, 4) is 0 Å². The molecule has 0 unspecified atom stereocenters. The van der Waals surface area contributed by atoms with Crippen LogP contribution in [-0.2, 0) is 28.7 Å². The van der Waals surface area contributed by atoms with Crippen molar-refractivity contribution in [1.29, 1.82) is 0 Å². The number of carbonyl (C=O) groups excluding carboxylic acids is 3. The molecule has 13 heteroatoms. The second kappa shape index (κ2) is 11.3. The first kappa shape index (κ1) is 28.1. The molecule has 0 atom stereocenters. The van der Waals surface area contributed by atoms with Crippen LogP contribution >= 0.6 is 0 Å². The molecule has 2 N–H and O–H groups in total. The van der Waals surface area contributed by atoms with Gasteiger partial charge in [0.05, 0.1) is 16.9 Å². The minimum absolute atomic E-state index is 0.0116. The predicted octanol–water partition coefficient (Wildman–Crippen LogP) is 3.85. The SMILES string of the molecule is Cc1ccc(N2C(=O)N(CCCCc3cn(CCCCC(=O)NO)nn3)C(C)(C)C2=O)cc1C(F)(F)F. The number of hydrogen-bond acceptors (Lipinski definition) is 6. The van der Waals surface area contributed by atoms with E-state index >= 15 is 0 Å². The Labute approximate surface area is 212 Å². The predicted molar refractivity (Wildman–Crippen MR) is 127 cm³/mol. The number of aromatic nitrogens is 3. The van der Waals surface area contributed by atoms with Gasteiger partial charge in [-0.05, 0) is 70.6 Å². The van der Waals surface area contributed by atoms with Crippen LogP contribution in [0.2, 0.25) is 0 Å². The van der Waals surface area contributed by atoms with E-state index in [0.717, 1.165) is 16.7 Å². The Morgan fingerprint density at radius 2 is 1.81 bits per heavy atom. The molecule has 202 valence electrons. The Hall–Kier alpha value is -3.48. The smallest absolute Gasteiger partial charge is 0.310 e. The van der Waals surface area contributed by atoms with E-state index in [9.17, 15) is 27.6 Å². The number of nitrogens with one attached hydrogen (secondary N) is 1. The van der Waals surface area contributed by atoms with E-state index in [1.54, 1.807) is 30.2 Å². The van der Waals surface area contributed by atoms with Crippen molar-refractivity contribution in [3.63, 3.8) is 0 Å². The molecule has 10 nitrogen and oxygen atoms in total. The fraction of sp³-hybridized carbons (Fsp3) is 0.542. The second-order valence-electron chi connectivity index (χ2n) is 9.55. The fourth-order valence-corrected chi connectivity index (χ4v) is 4.25. The van der Waals surface area contributed by atoms with Crippen LogP contribution in [0.25, 0.3) is 0 Å². The van der Waals surface area contributed by atoms with Gasteiger partial charge in [-0.3, -0.25) is 19.5 Å². The summed E-state index contributed by atoms with van der Waals surface area (Å²) in [4.78, 5) is 39.4. The number of hydrogen-bond donors (Lipinski definition) is 2. The maximum Gasteiger partial charge on any atom is 0.416 e. The molecule has 0 aliphatic carbocycles. The van der Waals surface area contributed by atoms with Gasteiger partial charge in [0.25, 0.3) is 5.91 Å². The van der Waals surface area contributed by atoms with Crippen molar-refractivity contribution in [2.45, 2.75) is 77.6 Å². The average molecular weight is 525 g/mol. The summed E-state index contributed by atoms with van der Waals surface area (Å²) in [6.45, 7) is 5.33. The summed E-state index contributed by atoms with van der Waals surface area (Å²) < 4.78 is 41.8. The molecule has 37 heavy (non-hydrogen) atoms. The molecule has 0 bridgehead atoms. The Balaban J connectivity index is 1.55. The number of rotatable bonds is 11. The van der Waals surface area contributed by atoms with E-state index in [1.807, 2.05) is 0 Å². The molecule has 4 amide bonds. The average Bonchev–Trinajstić information content (AvgIpc) is 3.34. The number of amides is 4. The maximum absolute atomic E-state index is 13.4. The molecular weight excluding hydrogens is 493 g/mol. The van der Waals surface area contributed by atoms with Gasteiger partial charge in [-0.15, -0.1) is 5.10 Å². The van der Waals surface area contributed by atoms with E-state index < -0.39 is 35.1 Å². The lowest BCUT2D eigenvalue weighted by Gasteiger charge is -2.27. The summed E-state index contributed by atoms with van der Waals surface area (Å²) in [5.74, 6) is -1.01. The Morgan fingerprint density at radius 1 is 1.11 bits per heavy atom. The first-order chi connectivity index (χ1) is 17.4. The molecular formula is C24H31F3N6O4. The van der Waals surface area contributed by atoms with Crippen molar-refractivity contribution in [3.05, 3.63) is 41.2 Å². The molecule has 2 aromatic rings. The minimum atomic E-state index is -4.60. The number of imide groups is 1. The highest BCUT2D eigenvalue weighted by atomic mass is 19.4. The van der Waals surface area contributed by atoms with Crippen LogP contribution in [0.15, 0.2) is 24.4 Å². The van der Waals surface area contributed by atoms with Crippen molar-refractivity contribution >= 4 is 23.5 Å². The van der Waals surface area contributed by atoms with Crippen molar-refractivity contribution in [1.82, 2.24) is 25.4 Å². The van der Waals surface area contributed by atoms with Crippen LogP contribution < -0.4 is 10.4 Å². The summed E-state index contributed by atoms with van der Waals surface area (Å²) in [5, 5.41) is 16.7. The lowest BCUT2D eigenvalue weighted by Crippen LogP contribution is -2.44. The fourth-order valence-electron chi connectivity index (χ4n) is 4.25. The van der Waals surface area contributed by atoms with Gasteiger partial charge in [-0.25, -0.2) is 15.2 Å². The quantitative estimate of drug-likeness (QED) is 0.199. The number of aryl methyl sites for hydroxylation is 3. The summed E-state index contributed by atoms with van der Waals surface area (Å²) in [6.07, 6.45) is 0.525. The van der Waals surface area contributed by atoms with Crippen molar-refractivity contribution in [2.75, 3.05) is 11.4 Å². The first-order valence-corrected chi connectivity index (χ1v) is 12.0. The van der Waals surface area contributed by atoms with Crippen LogP contribution in [0.4, 0.5) is 23.7 Å². The summed E-state index contributed by atoms with van der Waals surface area (Å²) >= 11 is 0. The topological polar surface area (TPSA) is 121 Å². The molecule has 1 aliphatic heterocycles. The lowest BCUT2D eigenvalue weighted by molar-refractivity contribution is -0.138. The summed E-state index contributed by atoms with van der Waals surface area (Å²) in [7, 11) is 0. The normalized spacial score (nSPS) is 15.5. The number of benzene rings is 1. The number of unbranched alkanes of at least 4 members (excludes halogenated alkanes) is 2. The van der Waals surface area contributed by atoms with Crippen LogP contribution in [0.5, 0.6) is 0 Å². The van der Waals surface area contributed by atoms with Gasteiger partial charge in [0.15, 0.2) is 0 Å². The zero-order valence-corrected chi connectivity index (χ0v) is 21.0. The number of alkyl halides is 3. The number of urea groups is 1. The first-order valence-electron chi connectivity index (χ1n) is 12.0. The Morgan fingerprint density at radius 3 is 2.49 bits per heavy atom. The van der Waals surface area contributed by atoms with Gasteiger partial charge in [-0.2, -0.15) is 13.2 Å². The van der Waals surface area contributed by atoms with Gasteiger partial charge in [0.2, 0.25) is 5.91 Å². The number of halogens is 3. The van der Waals surface area contributed by atoms with E-state index in [1.165, 1.54) is 24.0 Å². The molecule has 1 aromatic carbocycles. The maximum atomic E-state index is 13.4. The summed E-state index contributed by atoms with van der Waals surface area (Å²) in [6, 6.07) is 2.81. The zero-order valence-electron chi connectivity index (χ0n) is 21.0. The van der Waals surface area contributed by atoms with Gasteiger partial charge < -0.3 is 4.90 Å². The molecule has 2 heterocycles. The van der Waals surface area contributed by atoms with E-state index in [-0.39, 0.29) is 24.2 Å². The monoisotopic (exact) mass is 524 g/mol. The van der Waals surface area contributed by atoms with Gasteiger partial charge in [-0.1, -0.05) is 11.3 Å². The van der Waals surface area contributed by atoms with Crippen LogP contribution in [0.1, 0.15) is 62.8 Å². The largest absolute Gasteiger partial charge is 0.416 e. The molecule has 1 aromatic heterocycles. The number of carbonyl (C=O) groups is 3. The molecule has 0 radical (unpaired) electrons. The molecule has 3 rings (SSSR count). The zero-order chi connectivity index (χ0) is 27.4. The number of hydroxylamine groups is 1. The van der Waals surface area contributed by atoms with E-state index in [2.05, 4.69) is 10.3 Å². The highest BCUT2D eigenvalue weighted by Crippen LogP contribution is 2.37. The number of anilines is 1. The Kier molecular flexibility index (Phi) is 8.57. The third kappa shape index (κ3) is 6.45. The van der Waals surface area contributed by atoms with Gasteiger partial charge >= 0.3 is 12.2 Å². The highest BCUT2D eigenvalue weighted by Gasteiger charge is 2.51. The highest BCUT2D eigenvalue weighted by molar-refractivity contribution is 6.23. The van der Waals surface area contributed by atoms with E-state index in [0.29, 0.717) is 38.6 Å². The molecule has 0 saturated carbocycles. The molecule has 1 aliphatic rings. The van der Waals surface area contributed by atoms with E-state index in [4.69, 9.17) is 5.21 Å². The third-order valence-electron chi connectivity index (χ3n) is 6.42. The van der Waals surface area contributed by atoms with Crippen molar-refractivity contribution < 1.29 is 32.8 Å². The van der Waals surface area contributed by atoms with Crippen LogP contribution in [0.3, 0.4) is 0 Å². The second-order valence-corrected chi connectivity index (χ2v) is 9.55. The Bertz CT molecular complexity index is 1150. The standard InChI is InChI=1S/C24H31F3N6O4/c1-16-10-11-18(14-19(16)24(25,26)27)33-21(35)23(2,3)32(22(33)36)13-7-4-8-17-15-31(30-28-17)12-6-5-9-20(34)29-37/h10-11,14-15,37H,4-9,12-13H2,1-3H3,(H,29,34). The lowest BCUT2D eigenvalue weighted by atomic mass is 10.0. The molecule has 1 fully saturated rings. The van der Waals surface area contributed by atoms with Gasteiger partial charge in [0.1, 0.15) is 5.54 Å². The van der Waals surface area contributed by atoms with Gasteiger partial charge in [0, 0.05) is 25.7 Å². The van der Waals surface area contributed by atoms with Crippen LogP contribution in [-0.4, -0.2) is 55.0 Å². The minimum Gasteiger partial charge on any atom is -0.310 e.